The Labute approximate surface area is 176 Å². The van der Waals surface area contributed by atoms with Crippen LogP contribution in [0.15, 0.2) is 29.3 Å². The van der Waals surface area contributed by atoms with E-state index in [1.165, 1.54) is 12.1 Å². The van der Waals surface area contributed by atoms with Crippen molar-refractivity contribution in [2.75, 3.05) is 33.8 Å². The van der Waals surface area contributed by atoms with Crippen LogP contribution in [0.25, 0.3) is 0 Å². The van der Waals surface area contributed by atoms with Crippen molar-refractivity contribution in [1.82, 2.24) is 15.5 Å². The molecule has 0 saturated carbocycles. The largest absolute Gasteiger partial charge is 0.484 e. The third-order valence-corrected chi connectivity index (χ3v) is 3.99. The van der Waals surface area contributed by atoms with Gasteiger partial charge in [0.1, 0.15) is 5.75 Å². The predicted octanol–water partition coefficient (Wildman–Crippen LogP) is 3.64. The van der Waals surface area contributed by atoms with E-state index in [1.807, 2.05) is 21.0 Å². The maximum absolute atomic E-state index is 12.1. The van der Waals surface area contributed by atoms with E-state index in [1.54, 1.807) is 12.1 Å². The van der Waals surface area contributed by atoms with Crippen LogP contribution in [0.5, 0.6) is 5.75 Å². The molecule has 5 nitrogen and oxygen atoms in total. The number of guanidine groups is 1. The first-order valence-electron chi connectivity index (χ1n) is 8.51. The third-order valence-electron chi connectivity index (χ3n) is 3.99. The Morgan fingerprint density at radius 3 is 2.19 bits per heavy atom. The third kappa shape index (κ3) is 10.6. The summed E-state index contributed by atoms with van der Waals surface area (Å²) in [6.45, 7) is 6.82. The van der Waals surface area contributed by atoms with E-state index in [0.717, 1.165) is 18.7 Å². The van der Waals surface area contributed by atoms with Gasteiger partial charge in [-0.25, -0.2) is 4.99 Å². The predicted molar refractivity (Wildman–Crippen MR) is 114 cm³/mol. The first kappa shape index (κ1) is 25.8. The minimum atomic E-state index is -4.34. The molecule has 0 atom stereocenters. The molecule has 2 N–H and O–H groups in total. The Morgan fingerprint density at radius 1 is 1.11 bits per heavy atom. The number of nitrogens with one attached hydrogen (secondary N) is 2. The van der Waals surface area contributed by atoms with Crippen molar-refractivity contribution in [3.05, 3.63) is 29.8 Å². The van der Waals surface area contributed by atoms with Gasteiger partial charge in [-0.15, -0.1) is 24.0 Å². The maximum atomic E-state index is 12.1. The van der Waals surface area contributed by atoms with Gasteiger partial charge in [-0.1, -0.05) is 12.1 Å². The van der Waals surface area contributed by atoms with E-state index in [2.05, 4.69) is 34.4 Å². The van der Waals surface area contributed by atoms with Crippen molar-refractivity contribution in [1.29, 1.82) is 0 Å². The summed E-state index contributed by atoms with van der Waals surface area (Å²) in [6, 6.07) is 6.46. The van der Waals surface area contributed by atoms with Crippen LogP contribution in [0, 0.1) is 0 Å². The van der Waals surface area contributed by atoms with Gasteiger partial charge in [-0.2, -0.15) is 13.2 Å². The van der Waals surface area contributed by atoms with E-state index in [0.29, 0.717) is 12.5 Å². The van der Waals surface area contributed by atoms with Crippen LogP contribution in [0.4, 0.5) is 13.2 Å². The van der Waals surface area contributed by atoms with Crippen LogP contribution >= 0.6 is 24.0 Å². The van der Waals surface area contributed by atoms with E-state index >= 15 is 0 Å². The SMILES string of the molecule is CCNC(=NCc1ccc(OCC(F)(F)F)cc1)NCC(C)(C)N(C)C.I. The normalized spacial score (nSPS) is 12.6. The minimum absolute atomic E-state index is 0. The van der Waals surface area contributed by atoms with Gasteiger partial charge in [0.15, 0.2) is 12.6 Å². The quantitative estimate of drug-likeness (QED) is 0.324. The van der Waals surface area contributed by atoms with Gasteiger partial charge in [0.05, 0.1) is 6.54 Å². The zero-order valence-corrected chi connectivity index (χ0v) is 18.8. The van der Waals surface area contributed by atoms with Crippen LogP contribution in [0.3, 0.4) is 0 Å². The number of alkyl halides is 3. The second kappa shape index (κ2) is 11.6. The number of rotatable bonds is 8. The van der Waals surface area contributed by atoms with Crippen LogP contribution in [0.2, 0.25) is 0 Å². The van der Waals surface area contributed by atoms with Crippen molar-refractivity contribution in [2.24, 2.45) is 4.99 Å². The molecule has 0 spiro atoms. The molecule has 0 heterocycles. The molecule has 27 heavy (non-hydrogen) atoms. The average Bonchev–Trinajstić information content (AvgIpc) is 2.55. The summed E-state index contributed by atoms with van der Waals surface area (Å²) in [4.78, 5) is 6.64. The van der Waals surface area contributed by atoms with Crippen LogP contribution in [-0.2, 0) is 6.54 Å². The van der Waals surface area contributed by atoms with Crippen LogP contribution in [-0.4, -0.2) is 56.4 Å². The van der Waals surface area contributed by atoms with Crippen molar-refractivity contribution < 1.29 is 17.9 Å². The van der Waals surface area contributed by atoms with Gasteiger partial charge in [0.25, 0.3) is 0 Å². The summed E-state index contributed by atoms with van der Waals surface area (Å²) in [7, 11) is 4.04. The summed E-state index contributed by atoms with van der Waals surface area (Å²) in [6.07, 6.45) is -4.34. The molecule has 0 aliphatic heterocycles. The topological polar surface area (TPSA) is 48.9 Å². The molecule has 156 valence electrons. The molecule has 9 heteroatoms. The Kier molecular flexibility index (Phi) is 11.0. The fourth-order valence-electron chi connectivity index (χ4n) is 1.83. The highest BCUT2D eigenvalue weighted by Crippen LogP contribution is 2.19. The van der Waals surface area contributed by atoms with Crippen LogP contribution in [0.1, 0.15) is 26.3 Å². The number of aliphatic imine (C=N–C) groups is 1. The van der Waals surface area contributed by atoms with Gasteiger partial charge in [-0.05, 0) is 52.6 Å². The molecular weight excluding hydrogens is 472 g/mol. The second-order valence-electron chi connectivity index (χ2n) is 6.80. The molecule has 0 unspecified atom stereocenters. The Hall–Kier alpha value is -1.23. The fraction of sp³-hybridized carbons (Fsp3) is 0.611. The van der Waals surface area contributed by atoms with Gasteiger partial charge in [0, 0.05) is 18.6 Å². The van der Waals surface area contributed by atoms with Crippen molar-refractivity contribution in [3.63, 3.8) is 0 Å². The summed E-state index contributed by atoms with van der Waals surface area (Å²) < 4.78 is 41.1. The summed E-state index contributed by atoms with van der Waals surface area (Å²) in [5.41, 5.74) is 0.849. The van der Waals surface area contributed by atoms with E-state index in [-0.39, 0.29) is 35.3 Å². The number of nitrogens with zero attached hydrogens (tertiary/aromatic N) is 2. The maximum Gasteiger partial charge on any atom is 0.422 e. The molecule has 0 radical (unpaired) electrons. The molecule has 0 amide bonds. The molecule has 1 aromatic carbocycles. The van der Waals surface area contributed by atoms with E-state index < -0.39 is 12.8 Å². The first-order valence-corrected chi connectivity index (χ1v) is 8.51. The number of halogens is 4. The van der Waals surface area contributed by atoms with E-state index in [9.17, 15) is 13.2 Å². The smallest absolute Gasteiger partial charge is 0.422 e. The number of likely N-dealkylation sites (N-methyl/N-ethyl adjacent to an activating group) is 1. The summed E-state index contributed by atoms with van der Waals surface area (Å²) in [5, 5.41) is 6.49. The van der Waals surface area contributed by atoms with Gasteiger partial charge in [0.2, 0.25) is 0 Å². The highest BCUT2D eigenvalue weighted by Gasteiger charge is 2.28. The minimum Gasteiger partial charge on any atom is -0.484 e. The van der Waals surface area contributed by atoms with E-state index in [4.69, 9.17) is 4.74 Å². The number of hydrogen-bond donors (Lipinski definition) is 2. The summed E-state index contributed by atoms with van der Waals surface area (Å²) >= 11 is 0. The Bertz CT molecular complexity index is 575. The Morgan fingerprint density at radius 2 is 1.70 bits per heavy atom. The zero-order chi connectivity index (χ0) is 19.8. The number of hydrogen-bond acceptors (Lipinski definition) is 3. The van der Waals surface area contributed by atoms with Crippen molar-refractivity contribution in [2.45, 2.75) is 39.0 Å². The van der Waals surface area contributed by atoms with Gasteiger partial charge >= 0.3 is 6.18 Å². The molecule has 0 bridgehead atoms. The highest BCUT2D eigenvalue weighted by atomic mass is 127. The number of ether oxygens (including phenoxy) is 1. The highest BCUT2D eigenvalue weighted by molar-refractivity contribution is 14.0. The Balaban J connectivity index is 0.00000676. The lowest BCUT2D eigenvalue weighted by atomic mass is 10.0. The molecule has 0 aromatic heterocycles. The summed E-state index contributed by atoms with van der Waals surface area (Å²) in [5.74, 6) is 0.882. The van der Waals surface area contributed by atoms with Gasteiger partial charge in [-0.3, -0.25) is 0 Å². The number of benzene rings is 1. The second-order valence-corrected chi connectivity index (χ2v) is 6.80. The molecule has 1 aromatic rings. The fourth-order valence-corrected chi connectivity index (χ4v) is 1.83. The standard InChI is InChI=1S/C18H29F3N4O.HI/c1-6-22-16(24-12-17(2,3)25(4)5)23-11-14-7-9-15(10-8-14)26-13-18(19,20)21;/h7-10H,6,11-13H2,1-5H3,(H2,22,23,24);1H. The average molecular weight is 502 g/mol. The molecule has 0 saturated heterocycles. The molecule has 0 fully saturated rings. The molecule has 1 rings (SSSR count). The first-order chi connectivity index (χ1) is 12.0. The van der Waals surface area contributed by atoms with Crippen molar-refractivity contribution >= 4 is 29.9 Å². The zero-order valence-electron chi connectivity index (χ0n) is 16.5. The van der Waals surface area contributed by atoms with Crippen LogP contribution < -0.4 is 15.4 Å². The lowest BCUT2D eigenvalue weighted by Gasteiger charge is -2.33. The van der Waals surface area contributed by atoms with Gasteiger partial charge < -0.3 is 20.3 Å². The molecular formula is C18H30F3IN4O. The molecule has 0 aliphatic rings. The lowest BCUT2D eigenvalue weighted by molar-refractivity contribution is -0.153. The lowest BCUT2D eigenvalue weighted by Crippen LogP contribution is -2.50. The monoisotopic (exact) mass is 502 g/mol. The van der Waals surface area contributed by atoms with Crippen molar-refractivity contribution in [3.8, 4) is 5.75 Å². The molecule has 0 aliphatic carbocycles.